The number of carbonyl (C=O) groups is 2. The summed E-state index contributed by atoms with van der Waals surface area (Å²) in [6.45, 7) is 3.74. The Kier molecular flexibility index (Phi) is 8.98. The highest BCUT2D eigenvalue weighted by Gasteiger charge is 2.16. The Labute approximate surface area is 194 Å². The molecule has 176 valence electrons. The van der Waals surface area contributed by atoms with E-state index < -0.39 is 0 Å². The molecule has 0 unspecified atom stereocenters. The van der Waals surface area contributed by atoms with Crippen molar-refractivity contribution in [2.24, 2.45) is 0 Å². The molecule has 7 heteroatoms. The van der Waals surface area contributed by atoms with Crippen molar-refractivity contribution in [3.05, 3.63) is 65.7 Å². The van der Waals surface area contributed by atoms with Gasteiger partial charge in [0.05, 0.1) is 11.0 Å². The van der Waals surface area contributed by atoms with E-state index in [1.807, 2.05) is 35.9 Å². The summed E-state index contributed by atoms with van der Waals surface area (Å²) in [6.07, 6.45) is 5.50. The molecule has 1 N–H and O–H groups in total. The van der Waals surface area contributed by atoms with Crippen LogP contribution in [0, 0.1) is 5.82 Å². The van der Waals surface area contributed by atoms with Gasteiger partial charge in [-0.2, -0.15) is 0 Å². The van der Waals surface area contributed by atoms with Crippen LogP contribution in [-0.2, 0) is 17.8 Å². The minimum atomic E-state index is -0.355. The molecule has 0 aliphatic rings. The number of carbonyl (C=O) groups excluding carboxylic acids is 2. The van der Waals surface area contributed by atoms with Crippen LogP contribution in [0.5, 0.6) is 0 Å². The van der Waals surface area contributed by atoms with Gasteiger partial charge in [0.25, 0.3) is 5.91 Å². The van der Waals surface area contributed by atoms with Crippen LogP contribution in [-0.4, -0.2) is 46.4 Å². The van der Waals surface area contributed by atoms with E-state index in [4.69, 9.17) is 4.98 Å². The summed E-state index contributed by atoms with van der Waals surface area (Å²) >= 11 is 0. The van der Waals surface area contributed by atoms with Crippen LogP contribution >= 0.6 is 0 Å². The zero-order valence-electron chi connectivity index (χ0n) is 19.5. The fourth-order valence-corrected chi connectivity index (χ4v) is 3.76. The van der Waals surface area contributed by atoms with Crippen molar-refractivity contribution in [2.45, 2.75) is 52.0 Å². The largest absolute Gasteiger partial charge is 0.352 e. The van der Waals surface area contributed by atoms with Gasteiger partial charge in [0.1, 0.15) is 18.2 Å². The smallest absolute Gasteiger partial charge is 0.251 e. The Hall–Kier alpha value is -3.22. The average Bonchev–Trinajstić information content (AvgIpc) is 3.17. The van der Waals surface area contributed by atoms with Gasteiger partial charge in [0.2, 0.25) is 5.91 Å². The molecule has 0 bridgehead atoms. The van der Waals surface area contributed by atoms with Crippen molar-refractivity contribution in [3.8, 4) is 0 Å². The van der Waals surface area contributed by atoms with Crippen LogP contribution in [0.1, 0.15) is 55.2 Å². The van der Waals surface area contributed by atoms with Gasteiger partial charge in [-0.05, 0) is 55.7 Å². The number of unbranched alkanes of at least 4 members (excludes halogenated alkanes) is 3. The fraction of sp³-hybridized carbons (Fsp3) is 0.423. The topological polar surface area (TPSA) is 67.2 Å². The highest BCUT2D eigenvalue weighted by Crippen LogP contribution is 2.18. The maximum atomic E-state index is 13.0. The molecule has 0 saturated heterocycles. The standard InChI is InChI=1S/C26H33FN4O2/c1-3-4-18-30(2)25(32)19-31-23-11-8-7-10-22(23)29-24(31)12-6-5-9-17-28-26(33)20-13-15-21(27)16-14-20/h7-8,10-11,13-16H,3-6,9,12,17-19H2,1-2H3,(H,28,33). The number of rotatable bonds is 12. The maximum Gasteiger partial charge on any atom is 0.251 e. The highest BCUT2D eigenvalue weighted by molar-refractivity contribution is 5.94. The van der Waals surface area contributed by atoms with Gasteiger partial charge in [0, 0.05) is 32.1 Å². The molecule has 2 amide bonds. The van der Waals surface area contributed by atoms with Crippen LogP contribution in [0.4, 0.5) is 4.39 Å². The number of likely N-dealkylation sites (N-methyl/N-ethyl adjacent to an activating group) is 1. The second-order valence-corrected chi connectivity index (χ2v) is 8.35. The van der Waals surface area contributed by atoms with Gasteiger partial charge < -0.3 is 14.8 Å². The summed E-state index contributed by atoms with van der Waals surface area (Å²) in [5.74, 6) is 0.467. The first-order valence-corrected chi connectivity index (χ1v) is 11.7. The van der Waals surface area contributed by atoms with E-state index in [2.05, 4.69) is 12.2 Å². The number of benzene rings is 2. The van der Waals surface area contributed by atoms with Gasteiger partial charge in [-0.3, -0.25) is 9.59 Å². The third-order valence-corrected chi connectivity index (χ3v) is 5.77. The minimum Gasteiger partial charge on any atom is -0.352 e. The molecule has 0 atom stereocenters. The zero-order chi connectivity index (χ0) is 23.6. The first kappa shape index (κ1) is 24.4. The summed E-state index contributed by atoms with van der Waals surface area (Å²) in [4.78, 5) is 31.4. The quantitative estimate of drug-likeness (QED) is 0.409. The summed E-state index contributed by atoms with van der Waals surface area (Å²) in [5, 5.41) is 2.87. The number of nitrogens with one attached hydrogen (secondary N) is 1. The molecule has 1 heterocycles. The molecular weight excluding hydrogens is 419 g/mol. The van der Waals surface area contributed by atoms with E-state index in [0.717, 1.165) is 61.9 Å². The Morgan fingerprint density at radius 1 is 1.03 bits per heavy atom. The maximum absolute atomic E-state index is 13.0. The van der Waals surface area contributed by atoms with Crippen molar-refractivity contribution in [1.82, 2.24) is 19.8 Å². The lowest BCUT2D eigenvalue weighted by Gasteiger charge is -2.18. The zero-order valence-corrected chi connectivity index (χ0v) is 19.5. The Morgan fingerprint density at radius 2 is 1.79 bits per heavy atom. The lowest BCUT2D eigenvalue weighted by molar-refractivity contribution is -0.130. The van der Waals surface area contributed by atoms with Gasteiger partial charge in [-0.1, -0.05) is 31.9 Å². The lowest BCUT2D eigenvalue weighted by atomic mass is 10.1. The molecule has 1 aromatic heterocycles. The number of amides is 2. The second-order valence-electron chi connectivity index (χ2n) is 8.35. The number of hydrogen-bond donors (Lipinski definition) is 1. The summed E-state index contributed by atoms with van der Waals surface area (Å²) in [6, 6.07) is 13.5. The van der Waals surface area contributed by atoms with E-state index in [1.165, 1.54) is 24.3 Å². The number of para-hydroxylation sites is 2. The molecule has 0 saturated carbocycles. The molecule has 33 heavy (non-hydrogen) atoms. The lowest BCUT2D eigenvalue weighted by Crippen LogP contribution is -2.31. The monoisotopic (exact) mass is 452 g/mol. The van der Waals surface area contributed by atoms with Crippen molar-refractivity contribution in [1.29, 1.82) is 0 Å². The molecule has 2 aromatic carbocycles. The number of hydrogen-bond acceptors (Lipinski definition) is 3. The number of fused-ring (bicyclic) bond motifs is 1. The van der Waals surface area contributed by atoms with E-state index >= 15 is 0 Å². The molecule has 0 spiro atoms. The summed E-state index contributed by atoms with van der Waals surface area (Å²) in [5.41, 5.74) is 2.35. The predicted octanol–water partition coefficient (Wildman–Crippen LogP) is 4.58. The van der Waals surface area contributed by atoms with E-state index in [9.17, 15) is 14.0 Å². The van der Waals surface area contributed by atoms with Crippen LogP contribution in [0.15, 0.2) is 48.5 Å². The average molecular weight is 453 g/mol. The predicted molar refractivity (Wildman–Crippen MR) is 129 cm³/mol. The van der Waals surface area contributed by atoms with Crippen molar-refractivity contribution in [3.63, 3.8) is 0 Å². The van der Waals surface area contributed by atoms with Gasteiger partial charge >= 0.3 is 0 Å². The van der Waals surface area contributed by atoms with E-state index in [-0.39, 0.29) is 17.6 Å². The molecule has 6 nitrogen and oxygen atoms in total. The summed E-state index contributed by atoms with van der Waals surface area (Å²) in [7, 11) is 1.86. The van der Waals surface area contributed by atoms with Crippen molar-refractivity contribution in [2.75, 3.05) is 20.1 Å². The molecule has 0 aliphatic heterocycles. The molecular formula is C26H33FN4O2. The number of nitrogens with zero attached hydrogens (tertiary/aromatic N) is 3. The van der Waals surface area contributed by atoms with Crippen LogP contribution < -0.4 is 5.32 Å². The summed E-state index contributed by atoms with van der Waals surface area (Å²) < 4.78 is 15.0. The Balaban J connectivity index is 1.51. The van der Waals surface area contributed by atoms with Gasteiger partial charge in [-0.25, -0.2) is 9.37 Å². The van der Waals surface area contributed by atoms with E-state index in [1.54, 1.807) is 4.90 Å². The highest BCUT2D eigenvalue weighted by atomic mass is 19.1. The second kappa shape index (κ2) is 12.1. The first-order chi connectivity index (χ1) is 16.0. The Morgan fingerprint density at radius 3 is 2.55 bits per heavy atom. The van der Waals surface area contributed by atoms with Gasteiger partial charge in [0.15, 0.2) is 0 Å². The van der Waals surface area contributed by atoms with Crippen molar-refractivity contribution >= 4 is 22.8 Å². The van der Waals surface area contributed by atoms with Crippen LogP contribution in [0.2, 0.25) is 0 Å². The molecule has 3 rings (SSSR count). The third-order valence-electron chi connectivity index (χ3n) is 5.77. The molecule has 0 radical (unpaired) electrons. The molecule has 3 aromatic rings. The molecule has 0 fully saturated rings. The number of aryl methyl sites for hydroxylation is 1. The van der Waals surface area contributed by atoms with Crippen LogP contribution in [0.3, 0.4) is 0 Å². The number of halogens is 1. The minimum absolute atomic E-state index is 0.0939. The Bertz CT molecular complexity index is 1060. The first-order valence-electron chi connectivity index (χ1n) is 11.7. The number of imidazole rings is 1. The van der Waals surface area contributed by atoms with Gasteiger partial charge in [-0.15, -0.1) is 0 Å². The fourth-order valence-electron chi connectivity index (χ4n) is 3.76. The normalized spacial score (nSPS) is 11.0. The van der Waals surface area contributed by atoms with E-state index in [0.29, 0.717) is 18.7 Å². The number of aromatic nitrogens is 2. The SMILES string of the molecule is CCCCN(C)C(=O)Cn1c(CCCCCNC(=O)c2ccc(F)cc2)nc2ccccc21. The third kappa shape index (κ3) is 6.88. The van der Waals surface area contributed by atoms with Crippen molar-refractivity contribution < 1.29 is 14.0 Å². The molecule has 0 aliphatic carbocycles. The van der Waals surface area contributed by atoms with Crippen LogP contribution in [0.25, 0.3) is 11.0 Å².